The molecule has 0 aliphatic rings. The Kier molecular flexibility index (Phi) is 2.93. The van der Waals surface area contributed by atoms with E-state index >= 15 is 0 Å². The van der Waals surface area contributed by atoms with Gasteiger partial charge in [-0.2, -0.15) is 0 Å². The highest BCUT2D eigenvalue weighted by atomic mass is 79.9. The van der Waals surface area contributed by atoms with Gasteiger partial charge in [-0.15, -0.1) is 15.0 Å². The number of aromatic nitrogens is 3. The van der Waals surface area contributed by atoms with Crippen LogP contribution >= 0.6 is 27.5 Å². The van der Waals surface area contributed by atoms with Gasteiger partial charge in [0, 0.05) is 0 Å². The summed E-state index contributed by atoms with van der Waals surface area (Å²) in [5, 5.41) is 17.0. The smallest absolute Gasteiger partial charge is 0.359 e. The fourth-order valence-electron chi connectivity index (χ4n) is 1.14. The maximum Gasteiger partial charge on any atom is 0.359 e. The molecular formula is C9H5BrClN3O2. The SMILES string of the molecule is O=C(O)c1nn(-c2ccccc2Cl)nc1Br. The molecule has 0 aliphatic heterocycles. The van der Waals surface area contributed by atoms with E-state index < -0.39 is 5.97 Å². The normalized spacial score (nSPS) is 10.4. The van der Waals surface area contributed by atoms with Crippen molar-refractivity contribution in [3.05, 3.63) is 39.6 Å². The fourth-order valence-corrected chi connectivity index (χ4v) is 1.75. The van der Waals surface area contributed by atoms with E-state index in [1.165, 1.54) is 4.80 Å². The van der Waals surface area contributed by atoms with Gasteiger partial charge in [-0.3, -0.25) is 0 Å². The highest BCUT2D eigenvalue weighted by Crippen LogP contribution is 2.20. The first-order chi connectivity index (χ1) is 7.59. The van der Waals surface area contributed by atoms with Gasteiger partial charge in [0.25, 0.3) is 0 Å². The molecule has 0 unspecified atom stereocenters. The zero-order valence-electron chi connectivity index (χ0n) is 7.76. The Morgan fingerprint density at radius 2 is 2.06 bits per heavy atom. The molecule has 0 spiro atoms. The van der Waals surface area contributed by atoms with E-state index in [1.807, 2.05) is 0 Å². The number of hydrogen-bond donors (Lipinski definition) is 1. The van der Waals surface area contributed by atoms with Crippen LogP contribution in [0.4, 0.5) is 0 Å². The average Bonchev–Trinajstić information content (AvgIpc) is 2.61. The van der Waals surface area contributed by atoms with Gasteiger partial charge in [-0.05, 0) is 28.1 Å². The number of hydrogen-bond acceptors (Lipinski definition) is 3. The van der Waals surface area contributed by atoms with Crippen LogP contribution in [0.2, 0.25) is 5.02 Å². The molecule has 1 aromatic carbocycles. The van der Waals surface area contributed by atoms with Crippen molar-refractivity contribution >= 4 is 33.5 Å². The Labute approximate surface area is 104 Å². The van der Waals surface area contributed by atoms with Crippen LogP contribution in [0.5, 0.6) is 0 Å². The van der Waals surface area contributed by atoms with Crippen molar-refractivity contribution in [2.45, 2.75) is 0 Å². The van der Waals surface area contributed by atoms with Crippen LogP contribution in [0.1, 0.15) is 10.5 Å². The Morgan fingerprint density at radius 3 is 2.62 bits per heavy atom. The molecule has 1 heterocycles. The van der Waals surface area contributed by atoms with Crippen molar-refractivity contribution in [2.24, 2.45) is 0 Å². The van der Waals surface area contributed by atoms with Crippen molar-refractivity contribution in [3.63, 3.8) is 0 Å². The maximum atomic E-state index is 10.8. The van der Waals surface area contributed by atoms with Gasteiger partial charge in [-0.1, -0.05) is 23.7 Å². The number of para-hydroxylation sites is 1. The van der Waals surface area contributed by atoms with E-state index in [4.69, 9.17) is 16.7 Å². The second-order valence-electron chi connectivity index (χ2n) is 2.89. The van der Waals surface area contributed by atoms with Crippen LogP contribution in [0.15, 0.2) is 28.9 Å². The molecule has 2 aromatic rings. The minimum atomic E-state index is -1.15. The fraction of sp³-hybridized carbons (Fsp3) is 0. The van der Waals surface area contributed by atoms with Crippen molar-refractivity contribution in [1.82, 2.24) is 15.0 Å². The van der Waals surface area contributed by atoms with Crippen molar-refractivity contribution < 1.29 is 9.90 Å². The van der Waals surface area contributed by atoms with E-state index in [2.05, 4.69) is 26.1 Å². The van der Waals surface area contributed by atoms with Crippen LogP contribution in [0.3, 0.4) is 0 Å². The third-order valence-corrected chi connectivity index (χ3v) is 2.70. The van der Waals surface area contributed by atoms with Gasteiger partial charge in [0.05, 0.1) is 5.02 Å². The minimum Gasteiger partial charge on any atom is -0.476 e. The first kappa shape index (κ1) is 11.1. The summed E-state index contributed by atoms with van der Waals surface area (Å²) in [6, 6.07) is 6.90. The third kappa shape index (κ3) is 1.94. The summed E-state index contributed by atoms with van der Waals surface area (Å²) in [4.78, 5) is 11.9. The number of aromatic carboxylic acids is 1. The molecule has 1 aromatic heterocycles. The average molecular weight is 303 g/mol. The number of benzene rings is 1. The summed E-state index contributed by atoms with van der Waals surface area (Å²) in [6.45, 7) is 0. The summed E-state index contributed by atoms with van der Waals surface area (Å²) in [7, 11) is 0. The Bertz CT molecular complexity index is 555. The summed E-state index contributed by atoms with van der Waals surface area (Å²) >= 11 is 8.96. The molecule has 82 valence electrons. The molecule has 5 nitrogen and oxygen atoms in total. The molecule has 0 atom stereocenters. The topological polar surface area (TPSA) is 68.0 Å². The second-order valence-corrected chi connectivity index (χ2v) is 4.04. The predicted molar refractivity (Wildman–Crippen MR) is 61.0 cm³/mol. The van der Waals surface area contributed by atoms with E-state index in [1.54, 1.807) is 24.3 Å². The number of carboxylic acid groups (broad SMARTS) is 1. The lowest BCUT2D eigenvalue weighted by Gasteiger charge is -2.00. The zero-order valence-corrected chi connectivity index (χ0v) is 10.1. The largest absolute Gasteiger partial charge is 0.476 e. The predicted octanol–water partition coefficient (Wildman–Crippen LogP) is 2.38. The summed E-state index contributed by atoms with van der Waals surface area (Å²) in [5.74, 6) is -1.15. The first-order valence-electron chi connectivity index (χ1n) is 4.20. The molecule has 0 saturated carbocycles. The molecule has 1 N–H and O–H groups in total. The number of nitrogens with zero attached hydrogens (tertiary/aromatic N) is 3. The molecule has 0 fully saturated rings. The standard InChI is InChI=1S/C9H5BrClN3O2/c10-8-7(9(15)16)12-14(13-8)6-4-2-1-3-5(6)11/h1-4H,(H,15,16). The van der Waals surface area contributed by atoms with Crippen LogP contribution in [0, 0.1) is 0 Å². The van der Waals surface area contributed by atoms with Crippen LogP contribution in [0.25, 0.3) is 5.69 Å². The molecule has 0 radical (unpaired) electrons. The quantitative estimate of drug-likeness (QED) is 0.925. The van der Waals surface area contributed by atoms with Gasteiger partial charge in [0.15, 0.2) is 4.60 Å². The first-order valence-corrected chi connectivity index (χ1v) is 5.37. The van der Waals surface area contributed by atoms with E-state index in [-0.39, 0.29) is 10.3 Å². The lowest BCUT2D eigenvalue weighted by Crippen LogP contribution is -2.02. The molecule has 0 amide bonds. The number of carbonyl (C=O) groups is 1. The molecule has 16 heavy (non-hydrogen) atoms. The van der Waals surface area contributed by atoms with E-state index in [9.17, 15) is 4.79 Å². The zero-order chi connectivity index (χ0) is 11.7. The Balaban J connectivity index is 2.54. The molecule has 0 saturated heterocycles. The second kappa shape index (κ2) is 4.23. The Morgan fingerprint density at radius 1 is 1.38 bits per heavy atom. The summed E-state index contributed by atoms with van der Waals surface area (Å²) in [5.41, 5.74) is 0.372. The molecule has 0 aliphatic carbocycles. The summed E-state index contributed by atoms with van der Waals surface area (Å²) < 4.78 is 0.167. The number of halogens is 2. The highest BCUT2D eigenvalue weighted by Gasteiger charge is 2.16. The molecule has 0 bridgehead atoms. The third-order valence-electron chi connectivity index (χ3n) is 1.84. The van der Waals surface area contributed by atoms with Gasteiger partial charge >= 0.3 is 5.97 Å². The van der Waals surface area contributed by atoms with Crippen molar-refractivity contribution in [2.75, 3.05) is 0 Å². The van der Waals surface area contributed by atoms with Crippen LogP contribution in [-0.4, -0.2) is 26.1 Å². The molecular weight excluding hydrogens is 297 g/mol. The summed E-state index contributed by atoms with van der Waals surface area (Å²) in [6.07, 6.45) is 0. The van der Waals surface area contributed by atoms with Gasteiger partial charge in [-0.25, -0.2) is 4.79 Å². The maximum absolute atomic E-state index is 10.8. The van der Waals surface area contributed by atoms with Gasteiger partial charge < -0.3 is 5.11 Å². The van der Waals surface area contributed by atoms with Crippen molar-refractivity contribution in [1.29, 1.82) is 0 Å². The van der Waals surface area contributed by atoms with Gasteiger partial charge in [0.1, 0.15) is 5.69 Å². The van der Waals surface area contributed by atoms with Crippen LogP contribution < -0.4 is 0 Å². The highest BCUT2D eigenvalue weighted by molar-refractivity contribution is 9.10. The van der Waals surface area contributed by atoms with Gasteiger partial charge in [0.2, 0.25) is 5.69 Å². The Hall–Kier alpha value is -1.40. The number of carboxylic acids is 1. The lowest BCUT2D eigenvalue weighted by atomic mass is 10.3. The van der Waals surface area contributed by atoms with Crippen molar-refractivity contribution in [3.8, 4) is 5.69 Å². The minimum absolute atomic E-state index is 0.153. The molecule has 7 heteroatoms. The monoisotopic (exact) mass is 301 g/mol. The van der Waals surface area contributed by atoms with E-state index in [0.29, 0.717) is 10.7 Å². The lowest BCUT2D eigenvalue weighted by molar-refractivity contribution is 0.0689. The molecule has 2 rings (SSSR count). The number of rotatable bonds is 2. The van der Waals surface area contributed by atoms with E-state index in [0.717, 1.165) is 0 Å². The van der Waals surface area contributed by atoms with Crippen LogP contribution in [-0.2, 0) is 0 Å².